The van der Waals surface area contributed by atoms with Gasteiger partial charge in [0, 0.05) is 5.92 Å². The van der Waals surface area contributed by atoms with Crippen molar-refractivity contribution < 1.29 is 4.79 Å². The Bertz CT molecular complexity index is 110. The normalized spacial score (nSPS) is 10.5. The molecule has 0 bridgehead atoms. The van der Waals surface area contributed by atoms with Gasteiger partial charge >= 0.3 is 0 Å². The molecule has 2 heteroatoms. The first kappa shape index (κ1) is 11.0. The molecule has 0 aromatic heterocycles. The van der Waals surface area contributed by atoms with E-state index in [2.05, 4.69) is 6.92 Å². The lowest BCUT2D eigenvalue weighted by molar-refractivity contribution is -0.119. The predicted molar refractivity (Wildman–Crippen MR) is 52.1 cm³/mol. The number of thioether (sulfide) groups is 1. The van der Waals surface area contributed by atoms with Gasteiger partial charge in [0.25, 0.3) is 0 Å². The molecule has 0 aliphatic rings. The van der Waals surface area contributed by atoms with Crippen molar-refractivity contribution in [2.45, 2.75) is 33.6 Å². The van der Waals surface area contributed by atoms with E-state index in [0.29, 0.717) is 11.5 Å². The maximum atomic E-state index is 11.1. The van der Waals surface area contributed by atoms with Gasteiger partial charge in [0.1, 0.15) is 5.78 Å². The van der Waals surface area contributed by atoms with Crippen LogP contribution in [0.5, 0.6) is 0 Å². The monoisotopic (exact) mass is 174 g/mol. The molecule has 0 atom stereocenters. The molecule has 0 N–H and O–H groups in total. The minimum absolute atomic E-state index is 0.212. The largest absolute Gasteiger partial charge is 0.298 e. The van der Waals surface area contributed by atoms with E-state index in [0.717, 1.165) is 5.75 Å². The van der Waals surface area contributed by atoms with Gasteiger partial charge < -0.3 is 0 Å². The first-order valence-electron chi connectivity index (χ1n) is 4.29. The number of ketones is 1. The van der Waals surface area contributed by atoms with Crippen LogP contribution in [0.4, 0.5) is 0 Å². The Morgan fingerprint density at radius 3 is 2.55 bits per heavy atom. The third-order valence-corrected chi connectivity index (χ3v) is 2.60. The van der Waals surface area contributed by atoms with Crippen molar-refractivity contribution in [2.75, 3.05) is 11.5 Å². The Labute approximate surface area is 73.9 Å². The van der Waals surface area contributed by atoms with E-state index in [4.69, 9.17) is 0 Å². The van der Waals surface area contributed by atoms with Crippen LogP contribution >= 0.6 is 11.8 Å². The highest BCUT2D eigenvalue weighted by Crippen LogP contribution is 2.07. The van der Waals surface area contributed by atoms with Crippen molar-refractivity contribution in [3.05, 3.63) is 0 Å². The molecule has 0 radical (unpaired) electrons. The highest BCUT2D eigenvalue weighted by Gasteiger charge is 2.05. The Morgan fingerprint density at radius 1 is 1.45 bits per heavy atom. The SMILES string of the molecule is CCCCSCC(=O)C(C)C. The lowest BCUT2D eigenvalue weighted by Gasteiger charge is -2.02. The summed E-state index contributed by atoms with van der Waals surface area (Å²) in [5.74, 6) is 2.43. The summed E-state index contributed by atoms with van der Waals surface area (Å²) >= 11 is 1.76. The Hall–Kier alpha value is 0.0200. The number of carbonyl (C=O) groups is 1. The zero-order chi connectivity index (χ0) is 8.69. The van der Waals surface area contributed by atoms with Gasteiger partial charge in [0.05, 0.1) is 5.75 Å². The molecule has 0 unspecified atom stereocenters. The predicted octanol–water partition coefficient (Wildman–Crippen LogP) is 2.74. The van der Waals surface area contributed by atoms with Gasteiger partial charge in [-0.05, 0) is 12.2 Å². The standard InChI is InChI=1S/C9H18OS/c1-4-5-6-11-7-9(10)8(2)3/h8H,4-7H2,1-3H3. The number of carbonyl (C=O) groups excluding carboxylic acids is 1. The van der Waals surface area contributed by atoms with Gasteiger partial charge in [-0.1, -0.05) is 27.2 Å². The van der Waals surface area contributed by atoms with Crippen LogP contribution in [0.1, 0.15) is 33.6 Å². The van der Waals surface area contributed by atoms with Crippen molar-refractivity contribution in [3.63, 3.8) is 0 Å². The molecule has 0 heterocycles. The van der Waals surface area contributed by atoms with Crippen molar-refractivity contribution >= 4 is 17.5 Å². The summed E-state index contributed by atoms with van der Waals surface area (Å²) in [5.41, 5.74) is 0. The first-order valence-corrected chi connectivity index (χ1v) is 5.44. The third kappa shape index (κ3) is 6.42. The smallest absolute Gasteiger partial charge is 0.145 e. The summed E-state index contributed by atoms with van der Waals surface area (Å²) in [7, 11) is 0. The molecular weight excluding hydrogens is 156 g/mol. The maximum absolute atomic E-state index is 11.1. The van der Waals surface area contributed by atoms with Crippen molar-refractivity contribution in [3.8, 4) is 0 Å². The van der Waals surface area contributed by atoms with Crippen LogP contribution in [0.3, 0.4) is 0 Å². The number of hydrogen-bond donors (Lipinski definition) is 0. The first-order chi connectivity index (χ1) is 5.18. The van der Waals surface area contributed by atoms with Crippen LogP contribution < -0.4 is 0 Å². The molecule has 0 amide bonds. The van der Waals surface area contributed by atoms with E-state index in [1.165, 1.54) is 12.8 Å². The Morgan fingerprint density at radius 2 is 2.09 bits per heavy atom. The summed E-state index contributed by atoms with van der Waals surface area (Å²) in [5, 5.41) is 0. The van der Waals surface area contributed by atoms with Crippen LogP contribution in [0.25, 0.3) is 0 Å². The molecule has 1 nitrogen and oxygen atoms in total. The average Bonchev–Trinajstić information content (AvgIpc) is 1.97. The van der Waals surface area contributed by atoms with Gasteiger partial charge in [0.15, 0.2) is 0 Å². The van der Waals surface area contributed by atoms with E-state index in [9.17, 15) is 4.79 Å². The zero-order valence-electron chi connectivity index (χ0n) is 7.72. The molecule has 0 saturated heterocycles. The molecule has 0 rings (SSSR count). The summed E-state index contributed by atoms with van der Waals surface area (Å²) < 4.78 is 0. The molecule has 0 aliphatic carbocycles. The fourth-order valence-electron chi connectivity index (χ4n) is 0.586. The summed E-state index contributed by atoms with van der Waals surface area (Å²) in [6.45, 7) is 6.09. The summed E-state index contributed by atoms with van der Waals surface area (Å²) in [6, 6.07) is 0. The fraction of sp³-hybridized carbons (Fsp3) is 0.889. The third-order valence-electron chi connectivity index (χ3n) is 1.53. The quantitative estimate of drug-likeness (QED) is 0.576. The Kier molecular flexibility index (Phi) is 6.73. The minimum Gasteiger partial charge on any atom is -0.298 e. The molecule has 0 saturated carbocycles. The fourth-order valence-corrected chi connectivity index (χ4v) is 1.76. The van der Waals surface area contributed by atoms with Crippen LogP contribution in [0.15, 0.2) is 0 Å². The topological polar surface area (TPSA) is 17.1 Å². The zero-order valence-corrected chi connectivity index (χ0v) is 8.54. The molecule has 66 valence electrons. The van der Waals surface area contributed by atoms with Crippen LogP contribution in [-0.4, -0.2) is 17.3 Å². The molecule has 11 heavy (non-hydrogen) atoms. The van der Waals surface area contributed by atoms with Gasteiger partial charge in [-0.3, -0.25) is 4.79 Å². The number of hydrogen-bond acceptors (Lipinski definition) is 2. The number of unbranched alkanes of at least 4 members (excludes halogenated alkanes) is 1. The van der Waals surface area contributed by atoms with Gasteiger partial charge in [-0.25, -0.2) is 0 Å². The molecule has 0 spiro atoms. The molecule has 0 fully saturated rings. The molecule has 0 aromatic carbocycles. The molecule has 0 aliphatic heterocycles. The lowest BCUT2D eigenvalue weighted by Crippen LogP contribution is -2.09. The van der Waals surface area contributed by atoms with Gasteiger partial charge in [-0.2, -0.15) is 11.8 Å². The van der Waals surface area contributed by atoms with E-state index in [1.807, 2.05) is 13.8 Å². The second-order valence-corrected chi connectivity index (χ2v) is 4.13. The van der Waals surface area contributed by atoms with Crippen LogP contribution in [-0.2, 0) is 4.79 Å². The van der Waals surface area contributed by atoms with Crippen molar-refractivity contribution in [1.82, 2.24) is 0 Å². The van der Waals surface area contributed by atoms with Crippen LogP contribution in [0.2, 0.25) is 0 Å². The lowest BCUT2D eigenvalue weighted by atomic mass is 10.1. The van der Waals surface area contributed by atoms with Crippen LogP contribution in [0, 0.1) is 5.92 Å². The van der Waals surface area contributed by atoms with Crippen molar-refractivity contribution in [1.29, 1.82) is 0 Å². The highest BCUT2D eigenvalue weighted by atomic mass is 32.2. The second-order valence-electron chi connectivity index (χ2n) is 3.03. The van der Waals surface area contributed by atoms with Gasteiger partial charge in [0.2, 0.25) is 0 Å². The highest BCUT2D eigenvalue weighted by molar-refractivity contribution is 7.99. The minimum atomic E-state index is 0.212. The number of Topliss-reactive ketones (excluding diaryl/α,β-unsaturated/α-hetero) is 1. The second kappa shape index (κ2) is 6.71. The summed E-state index contributed by atoms with van der Waals surface area (Å²) in [6.07, 6.45) is 2.46. The molecular formula is C9H18OS. The van der Waals surface area contributed by atoms with E-state index >= 15 is 0 Å². The average molecular weight is 174 g/mol. The molecule has 0 aromatic rings. The van der Waals surface area contributed by atoms with Crippen molar-refractivity contribution in [2.24, 2.45) is 5.92 Å². The van der Waals surface area contributed by atoms with Gasteiger partial charge in [-0.15, -0.1) is 0 Å². The van der Waals surface area contributed by atoms with E-state index in [-0.39, 0.29) is 5.92 Å². The number of rotatable bonds is 6. The maximum Gasteiger partial charge on any atom is 0.145 e. The summed E-state index contributed by atoms with van der Waals surface area (Å²) in [4.78, 5) is 11.1. The van der Waals surface area contributed by atoms with E-state index < -0.39 is 0 Å². The Balaban J connectivity index is 3.18. The van der Waals surface area contributed by atoms with E-state index in [1.54, 1.807) is 11.8 Å².